The first-order valence-electron chi connectivity index (χ1n) is 4.43. The summed E-state index contributed by atoms with van der Waals surface area (Å²) in [7, 11) is -1.92. The monoisotopic (exact) mass is 226 g/mol. The highest BCUT2D eigenvalue weighted by Gasteiger charge is 2.08. The largest absolute Gasteiger partial charge is 0.391 e. The average molecular weight is 226 g/mol. The van der Waals surface area contributed by atoms with Gasteiger partial charge < -0.3 is 9.84 Å². The number of ether oxygens (including phenoxy) is 1. The molecule has 0 aromatic rings. The van der Waals surface area contributed by atoms with E-state index in [0.29, 0.717) is 13.0 Å². The number of aliphatic hydroxyl groups is 1. The van der Waals surface area contributed by atoms with Crippen molar-refractivity contribution in [1.29, 1.82) is 0 Å². The van der Waals surface area contributed by atoms with E-state index < -0.39 is 16.3 Å². The van der Waals surface area contributed by atoms with Crippen LogP contribution in [0.15, 0.2) is 0 Å². The fourth-order valence-corrected chi connectivity index (χ4v) is 1.75. The standard InChI is InChI=1S/C7H18N2O4S/c1-3-8-14(11,12)9-5-4-7(10)6-13-2/h7-10H,3-6H2,1-2H3. The van der Waals surface area contributed by atoms with E-state index >= 15 is 0 Å². The molecule has 0 saturated carbocycles. The Balaban J connectivity index is 3.63. The number of hydrogen-bond acceptors (Lipinski definition) is 4. The van der Waals surface area contributed by atoms with Gasteiger partial charge in [0.05, 0.1) is 12.7 Å². The van der Waals surface area contributed by atoms with E-state index in [9.17, 15) is 13.5 Å². The Kier molecular flexibility index (Phi) is 7.02. The molecule has 86 valence electrons. The molecule has 0 aliphatic carbocycles. The highest BCUT2D eigenvalue weighted by Crippen LogP contribution is 1.90. The second-order valence-corrected chi connectivity index (χ2v) is 4.38. The van der Waals surface area contributed by atoms with Gasteiger partial charge in [0.1, 0.15) is 0 Å². The van der Waals surface area contributed by atoms with Gasteiger partial charge in [0.15, 0.2) is 0 Å². The van der Waals surface area contributed by atoms with Crippen LogP contribution in [0.3, 0.4) is 0 Å². The Morgan fingerprint density at radius 1 is 1.43 bits per heavy atom. The molecule has 0 saturated heterocycles. The minimum Gasteiger partial charge on any atom is -0.391 e. The molecule has 0 spiro atoms. The summed E-state index contributed by atoms with van der Waals surface area (Å²) >= 11 is 0. The van der Waals surface area contributed by atoms with Crippen LogP contribution in [-0.2, 0) is 14.9 Å². The Morgan fingerprint density at radius 2 is 2.07 bits per heavy atom. The zero-order chi connectivity index (χ0) is 11.0. The lowest BCUT2D eigenvalue weighted by atomic mass is 10.3. The normalized spacial score (nSPS) is 14.2. The van der Waals surface area contributed by atoms with Gasteiger partial charge >= 0.3 is 0 Å². The molecule has 7 heteroatoms. The molecule has 14 heavy (non-hydrogen) atoms. The number of hydrogen-bond donors (Lipinski definition) is 3. The van der Waals surface area contributed by atoms with Gasteiger partial charge in [-0.1, -0.05) is 6.92 Å². The van der Waals surface area contributed by atoms with E-state index in [1.807, 2.05) is 0 Å². The van der Waals surface area contributed by atoms with Crippen molar-refractivity contribution < 1.29 is 18.3 Å². The van der Waals surface area contributed by atoms with Crippen LogP contribution >= 0.6 is 0 Å². The summed E-state index contributed by atoms with van der Waals surface area (Å²) in [6.45, 7) is 2.44. The van der Waals surface area contributed by atoms with Crippen molar-refractivity contribution in [2.75, 3.05) is 26.8 Å². The lowest BCUT2D eigenvalue weighted by Crippen LogP contribution is -2.38. The first-order chi connectivity index (χ1) is 6.52. The zero-order valence-electron chi connectivity index (χ0n) is 8.49. The van der Waals surface area contributed by atoms with Gasteiger partial charge in [0.2, 0.25) is 0 Å². The first-order valence-corrected chi connectivity index (χ1v) is 5.91. The maximum atomic E-state index is 11.0. The highest BCUT2D eigenvalue weighted by molar-refractivity contribution is 7.87. The van der Waals surface area contributed by atoms with Crippen LogP contribution in [0, 0.1) is 0 Å². The van der Waals surface area contributed by atoms with Gasteiger partial charge in [-0.05, 0) is 6.42 Å². The molecule has 0 aromatic heterocycles. The maximum Gasteiger partial charge on any atom is 0.276 e. The smallest absolute Gasteiger partial charge is 0.276 e. The summed E-state index contributed by atoms with van der Waals surface area (Å²) in [5.74, 6) is 0. The Morgan fingerprint density at radius 3 is 2.57 bits per heavy atom. The molecule has 0 bridgehead atoms. The minimum absolute atomic E-state index is 0.194. The first kappa shape index (κ1) is 13.8. The van der Waals surface area contributed by atoms with Crippen LogP contribution in [0.25, 0.3) is 0 Å². The van der Waals surface area contributed by atoms with E-state index in [-0.39, 0.29) is 13.2 Å². The Labute approximate surface area is 84.8 Å². The number of methoxy groups -OCH3 is 1. The van der Waals surface area contributed by atoms with Gasteiger partial charge in [0, 0.05) is 20.2 Å². The van der Waals surface area contributed by atoms with Gasteiger partial charge in [0.25, 0.3) is 10.2 Å². The number of aliphatic hydroxyl groups excluding tert-OH is 1. The number of nitrogens with one attached hydrogen (secondary N) is 2. The van der Waals surface area contributed by atoms with Gasteiger partial charge in [-0.3, -0.25) is 0 Å². The molecule has 0 fully saturated rings. The lowest BCUT2D eigenvalue weighted by molar-refractivity contribution is 0.0603. The van der Waals surface area contributed by atoms with Crippen molar-refractivity contribution in [3.8, 4) is 0 Å². The van der Waals surface area contributed by atoms with E-state index in [1.54, 1.807) is 6.92 Å². The molecule has 0 aliphatic heterocycles. The third kappa shape index (κ3) is 7.22. The third-order valence-electron chi connectivity index (χ3n) is 1.46. The van der Waals surface area contributed by atoms with E-state index in [4.69, 9.17) is 4.74 Å². The van der Waals surface area contributed by atoms with Gasteiger partial charge in [-0.15, -0.1) is 0 Å². The molecule has 0 amide bonds. The maximum absolute atomic E-state index is 11.0. The molecule has 1 atom stereocenters. The Hall–Kier alpha value is -0.210. The van der Waals surface area contributed by atoms with Gasteiger partial charge in [-0.25, -0.2) is 9.44 Å². The quantitative estimate of drug-likeness (QED) is 0.486. The van der Waals surface area contributed by atoms with Crippen LogP contribution in [-0.4, -0.2) is 46.4 Å². The van der Waals surface area contributed by atoms with E-state index in [1.165, 1.54) is 7.11 Å². The molecule has 1 unspecified atom stereocenters. The van der Waals surface area contributed by atoms with Gasteiger partial charge in [-0.2, -0.15) is 8.42 Å². The lowest BCUT2D eigenvalue weighted by Gasteiger charge is -2.10. The second kappa shape index (κ2) is 7.13. The number of rotatable bonds is 8. The predicted octanol–water partition coefficient (Wildman–Crippen LogP) is -1.17. The van der Waals surface area contributed by atoms with E-state index in [2.05, 4.69) is 9.44 Å². The second-order valence-electron chi connectivity index (χ2n) is 2.79. The minimum atomic E-state index is -3.39. The molecule has 0 aliphatic rings. The summed E-state index contributed by atoms with van der Waals surface area (Å²) in [5.41, 5.74) is 0. The molecule has 0 aromatic carbocycles. The van der Waals surface area contributed by atoms with Crippen molar-refractivity contribution in [3.63, 3.8) is 0 Å². The molecular weight excluding hydrogens is 208 g/mol. The highest BCUT2D eigenvalue weighted by atomic mass is 32.2. The van der Waals surface area contributed by atoms with Crippen molar-refractivity contribution in [2.45, 2.75) is 19.4 Å². The zero-order valence-corrected chi connectivity index (χ0v) is 9.30. The summed E-state index contributed by atoms with van der Waals surface area (Å²) in [6, 6.07) is 0. The molecule has 6 nitrogen and oxygen atoms in total. The summed E-state index contributed by atoms with van der Waals surface area (Å²) in [4.78, 5) is 0. The molecule has 0 radical (unpaired) electrons. The molecule has 0 rings (SSSR count). The van der Waals surface area contributed by atoms with Crippen molar-refractivity contribution in [1.82, 2.24) is 9.44 Å². The summed E-state index contributed by atoms with van der Waals surface area (Å²) in [5, 5.41) is 9.20. The topological polar surface area (TPSA) is 87.7 Å². The van der Waals surface area contributed by atoms with Crippen LogP contribution in [0.4, 0.5) is 0 Å². The molecule has 0 heterocycles. The van der Waals surface area contributed by atoms with E-state index in [0.717, 1.165) is 0 Å². The summed E-state index contributed by atoms with van der Waals surface area (Å²) < 4.78 is 31.3. The van der Waals surface area contributed by atoms with Crippen molar-refractivity contribution in [3.05, 3.63) is 0 Å². The third-order valence-corrected chi connectivity index (χ3v) is 2.72. The van der Waals surface area contributed by atoms with Crippen molar-refractivity contribution in [2.24, 2.45) is 0 Å². The Bertz CT molecular complexity index is 230. The van der Waals surface area contributed by atoms with Crippen LogP contribution < -0.4 is 9.44 Å². The van der Waals surface area contributed by atoms with Crippen LogP contribution in [0.5, 0.6) is 0 Å². The van der Waals surface area contributed by atoms with Crippen LogP contribution in [0.2, 0.25) is 0 Å². The molecule has 3 N–H and O–H groups in total. The van der Waals surface area contributed by atoms with Crippen LogP contribution in [0.1, 0.15) is 13.3 Å². The molecular formula is C7H18N2O4S. The fraction of sp³-hybridized carbons (Fsp3) is 1.00. The summed E-state index contributed by atoms with van der Waals surface area (Å²) in [6.07, 6.45) is -0.303. The van der Waals surface area contributed by atoms with Crippen molar-refractivity contribution >= 4 is 10.2 Å². The SMILES string of the molecule is CCNS(=O)(=O)NCCC(O)COC. The average Bonchev–Trinajstić information content (AvgIpc) is 2.03. The fourth-order valence-electron chi connectivity index (χ4n) is 0.877. The predicted molar refractivity (Wildman–Crippen MR) is 53.1 cm³/mol.